The van der Waals surface area contributed by atoms with Crippen molar-refractivity contribution < 1.29 is 4.79 Å². The van der Waals surface area contributed by atoms with Gasteiger partial charge in [-0.1, -0.05) is 13.3 Å². The molecule has 0 aromatic heterocycles. The predicted octanol–water partition coefficient (Wildman–Crippen LogP) is 0.975. The second-order valence-electron chi connectivity index (χ2n) is 5.03. The number of nitrogens with one attached hydrogen (secondary N) is 2. The molecule has 1 aliphatic carbocycles. The molecule has 0 aromatic carbocycles. The van der Waals surface area contributed by atoms with Crippen LogP contribution in [0.2, 0.25) is 0 Å². The van der Waals surface area contributed by atoms with Crippen molar-refractivity contribution in [1.29, 1.82) is 0 Å². The van der Waals surface area contributed by atoms with E-state index in [1.165, 1.54) is 12.8 Å². The number of amides is 1. The largest absolute Gasteiger partial charge is 0.355 e. The van der Waals surface area contributed by atoms with E-state index in [1.54, 1.807) is 0 Å². The molecule has 2 N–H and O–H groups in total. The van der Waals surface area contributed by atoms with Gasteiger partial charge in [-0.25, -0.2) is 0 Å². The summed E-state index contributed by atoms with van der Waals surface area (Å²) in [5, 5.41) is 6.21. The fraction of sp³-hybridized carbons (Fsp3) is 0.923. The Hall–Kier alpha value is -0.610. The Morgan fingerprint density at radius 1 is 1.41 bits per heavy atom. The molecule has 17 heavy (non-hydrogen) atoms. The van der Waals surface area contributed by atoms with Crippen LogP contribution in [0.4, 0.5) is 0 Å². The maximum Gasteiger partial charge on any atom is 0.236 e. The molecule has 100 valence electrons. The van der Waals surface area contributed by atoms with Crippen LogP contribution in [-0.2, 0) is 4.79 Å². The first-order valence-electron chi connectivity index (χ1n) is 6.86. The molecule has 1 rings (SSSR count). The summed E-state index contributed by atoms with van der Waals surface area (Å²) in [6.45, 7) is 6.76. The Bertz CT molecular complexity index is 229. The van der Waals surface area contributed by atoms with Crippen LogP contribution in [-0.4, -0.2) is 49.6 Å². The molecule has 0 aliphatic heterocycles. The fourth-order valence-corrected chi connectivity index (χ4v) is 1.79. The highest BCUT2D eigenvalue weighted by Crippen LogP contribution is 2.24. The number of likely N-dealkylation sites (N-methyl/N-ethyl adjacent to an activating group) is 1. The molecular formula is C13H27N3O. The summed E-state index contributed by atoms with van der Waals surface area (Å²) in [7, 11) is 2.16. The Kier molecular flexibility index (Phi) is 6.52. The molecule has 1 atom stereocenters. The van der Waals surface area contributed by atoms with Gasteiger partial charge in [0.25, 0.3) is 0 Å². The quantitative estimate of drug-likeness (QED) is 0.591. The van der Waals surface area contributed by atoms with E-state index in [-0.39, 0.29) is 11.9 Å². The molecule has 0 spiro atoms. The minimum atomic E-state index is -0.0838. The number of nitrogens with zero attached hydrogens (tertiary/aromatic N) is 1. The summed E-state index contributed by atoms with van der Waals surface area (Å²) < 4.78 is 0. The van der Waals surface area contributed by atoms with Gasteiger partial charge in [0.15, 0.2) is 0 Å². The van der Waals surface area contributed by atoms with Crippen molar-refractivity contribution in [2.75, 3.05) is 26.7 Å². The third kappa shape index (κ3) is 6.03. The molecule has 1 saturated carbocycles. The number of carbonyl (C=O) groups excluding carboxylic acids is 1. The van der Waals surface area contributed by atoms with Gasteiger partial charge in [-0.2, -0.15) is 0 Å². The van der Waals surface area contributed by atoms with E-state index >= 15 is 0 Å². The molecule has 0 heterocycles. The van der Waals surface area contributed by atoms with Crippen molar-refractivity contribution >= 4 is 5.91 Å². The summed E-state index contributed by atoms with van der Waals surface area (Å²) in [6.07, 6.45) is 4.85. The van der Waals surface area contributed by atoms with E-state index in [2.05, 4.69) is 29.5 Å². The highest BCUT2D eigenvalue weighted by molar-refractivity contribution is 5.81. The Labute approximate surface area is 105 Å². The predicted molar refractivity (Wildman–Crippen MR) is 71.0 cm³/mol. The lowest BCUT2D eigenvalue weighted by Crippen LogP contribution is -2.44. The number of hydrogen-bond donors (Lipinski definition) is 2. The van der Waals surface area contributed by atoms with E-state index in [9.17, 15) is 4.79 Å². The fourth-order valence-electron chi connectivity index (χ4n) is 1.79. The molecule has 1 aliphatic rings. The van der Waals surface area contributed by atoms with Gasteiger partial charge in [0.05, 0.1) is 6.04 Å². The lowest BCUT2D eigenvalue weighted by Gasteiger charge is -2.18. The van der Waals surface area contributed by atoms with Gasteiger partial charge in [0.2, 0.25) is 5.91 Å². The zero-order valence-electron chi connectivity index (χ0n) is 11.5. The molecule has 1 unspecified atom stereocenters. The number of hydrogen-bond acceptors (Lipinski definition) is 3. The summed E-state index contributed by atoms with van der Waals surface area (Å²) in [5.74, 6) is 0.118. The monoisotopic (exact) mass is 241 g/mol. The van der Waals surface area contributed by atoms with Crippen molar-refractivity contribution in [3.63, 3.8) is 0 Å². The topological polar surface area (TPSA) is 44.4 Å². The maximum atomic E-state index is 11.7. The van der Waals surface area contributed by atoms with Crippen LogP contribution < -0.4 is 10.6 Å². The van der Waals surface area contributed by atoms with E-state index in [4.69, 9.17) is 0 Å². The van der Waals surface area contributed by atoms with Crippen LogP contribution in [0, 0.1) is 0 Å². The smallest absolute Gasteiger partial charge is 0.236 e. The average Bonchev–Trinajstić information content (AvgIpc) is 3.12. The highest BCUT2D eigenvalue weighted by atomic mass is 16.2. The average molecular weight is 241 g/mol. The summed E-state index contributed by atoms with van der Waals surface area (Å²) in [4.78, 5) is 14.0. The van der Waals surface area contributed by atoms with E-state index in [0.717, 1.165) is 38.5 Å². The summed E-state index contributed by atoms with van der Waals surface area (Å²) >= 11 is 0. The third-order valence-electron chi connectivity index (χ3n) is 3.31. The van der Waals surface area contributed by atoms with E-state index in [1.807, 2.05) is 6.92 Å². The van der Waals surface area contributed by atoms with Gasteiger partial charge in [0, 0.05) is 25.7 Å². The van der Waals surface area contributed by atoms with Crippen molar-refractivity contribution in [2.24, 2.45) is 0 Å². The Balaban J connectivity index is 2.02. The maximum absolute atomic E-state index is 11.7. The van der Waals surface area contributed by atoms with Gasteiger partial charge in [-0.15, -0.1) is 0 Å². The van der Waals surface area contributed by atoms with Crippen LogP contribution in [0.1, 0.15) is 39.5 Å². The van der Waals surface area contributed by atoms with Gasteiger partial charge >= 0.3 is 0 Å². The molecule has 0 saturated heterocycles. The van der Waals surface area contributed by atoms with Crippen LogP contribution in [0.3, 0.4) is 0 Å². The summed E-state index contributed by atoms with van der Waals surface area (Å²) in [6, 6.07) is 0.713. The SMILES string of the molecule is CCCCNC(=O)C(C)NCCN(C)C1CC1. The van der Waals surface area contributed by atoms with Crippen LogP contribution in [0.5, 0.6) is 0 Å². The first kappa shape index (κ1) is 14.5. The van der Waals surface area contributed by atoms with Gasteiger partial charge in [-0.05, 0) is 33.2 Å². The molecule has 0 radical (unpaired) electrons. The van der Waals surface area contributed by atoms with Crippen molar-refractivity contribution in [2.45, 2.75) is 51.6 Å². The molecule has 1 amide bonds. The first-order chi connectivity index (χ1) is 8.15. The summed E-state index contributed by atoms with van der Waals surface area (Å²) in [5.41, 5.74) is 0. The van der Waals surface area contributed by atoms with E-state index in [0.29, 0.717) is 0 Å². The number of carbonyl (C=O) groups is 1. The van der Waals surface area contributed by atoms with E-state index < -0.39 is 0 Å². The first-order valence-corrected chi connectivity index (χ1v) is 6.86. The second-order valence-corrected chi connectivity index (χ2v) is 5.03. The lowest BCUT2D eigenvalue weighted by molar-refractivity contribution is -0.122. The second kappa shape index (κ2) is 7.67. The molecule has 4 heteroatoms. The molecule has 0 bridgehead atoms. The van der Waals surface area contributed by atoms with Crippen LogP contribution in [0.25, 0.3) is 0 Å². The van der Waals surface area contributed by atoms with Crippen LogP contribution >= 0.6 is 0 Å². The van der Waals surface area contributed by atoms with Crippen molar-refractivity contribution in [3.8, 4) is 0 Å². The molecular weight excluding hydrogens is 214 g/mol. The van der Waals surface area contributed by atoms with Gasteiger partial charge < -0.3 is 15.5 Å². The zero-order chi connectivity index (χ0) is 12.7. The lowest BCUT2D eigenvalue weighted by atomic mass is 10.3. The molecule has 1 fully saturated rings. The van der Waals surface area contributed by atoms with Crippen molar-refractivity contribution in [1.82, 2.24) is 15.5 Å². The highest BCUT2D eigenvalue weighted by Gasteiger charge is 2.25. The van der Waals surface area contributed by atoms with Crippen molar-refractivity contribution in [3.05, 3.63) is 0 Å². The number of unbranched alkanes of at least 4 members (excludes halogenated alkanes) is 1. The standard InChI is InChI=1S/C13H27N3O/c1-4-5-8-15-13(17)11(2)14-9-10-16(3)12-6-7-12/h11-12,14H,4-10H2,1-3H3,(H,15,17). The molecule has 0 aromatic rings. The molecule has 4 nitrogen and oxygen atoms in total. The van der Waals surface area contributed by atoms with Gasteiger partial charge in [-0.3, -0.25) is 4.79 Å². The zero-order valence-corrected chi connectivity index (χ0v) is 11.5. The number of rotatable bonds is 9. The van der Waals surface area contributed by atoms with Crippen LogP contribution in [0.15, 0.2) is 0 Å². The Morgan fingerprint density at radius 2 is 2.12 bits per heavy atom. The minimum Gasteiger partial charge on any atom is -0.355 e. The normalized spacial score (nSPS) is 17.2. The Morgan fingerprint density at radius 3 is 2.71 bits per heavy atom. The van der Waals surface area contributed by atoms with Gasteiger partial charge in [0.1, 0.15) is 0 Å². The minimum absolute atomic E-state index is 0.0838. The third-order valence-corrected chi connectivity index (χ3v) is 3.31.